The molecule has 0 aliphatic rings. The first-order valence-corrected chi connectivity index (χ1v) is 6.76. The summed E-state index contributed by atoms with van der Waals surface area (Å²) in [7, 11) is 1.33. The third-order valence-corrected chi connectivity index (χ3v) is 3.58. The fourth-order valence-electron chi connectivity index (χ4n) is 1.66. The number of hydrogen-bond donors (Lipinski definition) is 1. The van der Waals surface area contributed by atoms with Crippen molar-refractivity contribution in [2.75, 3.05) is 7.11 Å². The number of carbonyl (C=O) groups is 2. The normalized spacial score (nSPS) is 12.3. The van der Waals surface area contributed by atoms with Gasteiger partial charge in [0.25, 0.3) is 5.91 Å². The lowest BCUT2D eigenvalue weighted by Crippen LogP contribution is -2.42. The minimum Gasteiger partial charge on any atom is -0.467 e. The number of methoxy groups -OCH3 is 1. The van der Waals surface area contributed by atoms with Crippen LogP contribution in [0.3, 0.4) is 0 Å². The van der Waals surface area contributed by atoms with Gasteiger partial charge in [0.15, 0.2) is 0 Å². The number of nitrogens with one attached hydrogen (secondary N) is 1. The zero-order valence-corrected chi connectivity index (χ0v) is 12.0. The summed E-state index contributed by atoms with van der Waals surface area (Å²) >= 11 is 1.37. The van der Waals surface area contributed by atoms with E-state index in [0.29, 0.717) is 17.2 Å². The maximum absolute atomic E-state index is 12.0. The zero-order chi connectivity index (χ0) is 13.7. The Bertz CT molecular complexity index is 426. The molecule has 18 heavy (non-hydrogen) atoms. The topological polar surface area (TPSA) is 55.4 Å². The summed E-state index contributed by atoms with van der Waals surface area (Å²) in [5.74, 6) is -0.302. The van der Waals surface area contributed by atoms with Crippen LogP contribution in [-0.4, -0.2) is 25.0 Å². The SMILES string of the molecule is COC(=O)[C@H](CC(C)C)NC(=O)c1sccc1C. The van der Waals surface area contributed by atoms with Crippen molar-refractivity contribution in [1.82, 2.24) is 5.32 Å². The van der Waals surface area contributed by atoms with Crippen LogP contribution in [0.2, 0.25) is 0 Å². The van der Waals surface area contributed by atoms with E-state index < -0.39 is 12.0 Å². The molecule has 1 heterocycles. The van der Waals surface area contributed by atoms with Crippen LogP contribution in [0.25, 0.3) is 0 Å². The van der Waals surface area contributed by atoms with Crippen LogP contribution >= 0.6 is 11.3 Å². The maximum atomic E-state index is 12.0. The Morgan fingerprint density at radius 2 is 2.11 bits per heavy atom. The Balaban J connectivity index is 2.74. The van der Waals surface area contributed by atoms with Gasteiger partial charge in [-0.3, -0.25) is 4.79 Å². The number of ether oxygens (including phenoxy) is 1. The number of carbonyl (C=O) groups excluding carboxylic acids is 2. The van der Waals surface area contributed by atoms with Crippen LogP contribution in [0, 0.1) is 12.8 Å². The highest BCUT2D eigenvalue weighted by molar-refractivity contribution is 7.12. The highest BCUT2D eigenvalue weighted by Gasteiger charge is 2.24. The van der Waals surface area contributed by atoms with Crippen LogP contribution in [0.1, 0.15) is 35.5 Å². The van der Waals surface area contributed by atoms with Crippen LogP contribution in [0.15, 0.2) is 11.4 Å². The van der Waals surface area contributed by atoms with E-state index >= 15 is 0 Å². The van der Waals surface area contributed by atoms with E-state index in [0.717, 1.165) is 5.56 Å². The van der Waals surface area contributed by atoms with Gasteiger partial charge in [0.05, 0.1) is 12.0 Å². The molecule has 0 radical (unpaired) electrons. The predicted molar refractivity (Wildman–Crippen MR) is 71.8 cm³/mol. The van der Waals surface area contributed by atoms with Gasteiger partial charge in [0.2, 0.25) is 0 Å². The van der Waals surface area contributed by atoms with Gasteiger partial charge >= 0.3 is 5.97 Å². The van der Waals surface area contributed by atoms with Crippen LogP contribution < -0.4 is 5.32 Å². The van der Waals surface area contributed by atoms with E-state index in [9.17, 15) is 9.59 Å². The molecule has 0 spiro atoms. The molecule has 0 bridgehead atoms. The van der Waals surface area contributed by atoms with Gasteiger partial charge in [-0.1, -0.05) is 13.8 Å². The summed E-state index contributed by atoms with van der Waals surface area (Å²) in [5.41, 5.74) is 0.922. The number of rotatable bonds is 5. The lowest BCUT2D eigenvalue weighted by molar-refractivity contribution is -0.143. The smallest absolute Gasteiger partial charge is 0.328 e. The van der Waals surface area contributed by atoms with E-state index in [4.69, 9.17) is 4.74 Å². The average Bonchev–Trinajstić information content (AvgIpc) is 2.73. The van der Waals surface area contributed by atoms with Crippen molar-refractivity contribution >= 4 is 23.2 Å². The van der Waals surface area contributed by atoms with Crippen molar-refractivity contribution in [2.45, 2.75) is 33.2 Å². The molecule has 0 aromatic carbocycles. The van der Waals surface area contributed by atoms with Gasteiger partial charge in [-0.2, -0.15) is 0 Å². The van der Waals surface area contributed by atoms with E-state index in [1.54, 1.807) is 0 Å². The molecule has 0 fully saturated rings. The van der Waals surface area contributed by atoms with E-state index in [1.807, 2.05) is 32.2 Å². The maximum Gasteiger partial charge on any atom is 0.328 e. The Labute approximate surface area is 111 Å². The first-order chi connectivity index (χ1) is 8.45. The average molecular weight is 269 g/mol. The molecule has 0 unspecified atom stereocenters. The molecule has 0 aliphatic carbocycles. The molecule has 5 heteroatoms. The van der Waals surface area contributed by atoms with Gasteiger partial charge in [-0.25, -0.2) is 4.79 Å². The number of amides is 1. The van der Waals surface area contributed by atoms with Gasteiger partial charge in [-0.15, -0.1) is 11.3 Å². The third-order valence-electron chi connectivity index (χ3n) is 2.57. The van der Waals surface area contributed by atoms with Crippen molar-refractivity contribution in [3.05, 3.63) is 21.9 Å². The largest absolute Gasteiger partial charge is 0.467 e. The number of esters is 1. The number of aryl methyl sites for hydroxylation is 1. The lowest BCUT2D eigenvalue weighted by Gasteiger charge is -2.18. The monoisotopic (exact) mass is 269 g/mol. The second-order valence-electron chi connectivity index (χ2n) is 4.61. The third kappa shape index (κ3) is 3.84. The van der Waals surface area contributed by atoms with E-state index in [1.165, 1.54) is 18.4 Å². The van der Waals surface area contributed by atoms with Crippen molar-refractivity contribution < 1.29 is 14.3 Å². The van der Waals surface area contributed by atoms with E-state index in [-0.39, 0.29) is 5.91 Å². The summed E-state index contributed by atoms with van der Waals surface area (Å²) in [6, 6.07) is 1.30. The zero-order valence-electron chi connectivity index (χ0n) is 11.1. The molecule has 1 atom stereocenters. The van der Waals surface area contributed by atoms with Crippen LogP contribution in [0.5, 0.6) is 0 Å². The second kappa shape index (κ2) is 6.54. The minimum absolute atomic E-state index is 0.210. The van der Waals surface area contributed by atoms with E-state index in [2.05, 4.69) is 5.32 Å². The highest BCUT2D eigenvalue weighted by atomic mass is 32.1. The summed E-state index contributed by atoms with van der Waals surface area (Å²) < 4.78 is 4.71. The molecule has 4 nitrogen and oxygen atoms in total. The minimum atomic E-state index is -0.580. The lowest BCUT2D eigenvalue weighted by atomic mass is 10.0. The quantitative estimate of drug-likeness (QED) is 0.835. The number of hydrogen-bond acceptors (Lipinski definition) is 4. The molecule has 1 aromatic rings. The molecule has 1 N–H and O–H groups in total. The van der Waals surface area contributed by atoms with Crippen molar-refractivity contribution in [1.29, 1.82) is 0 Å². The van der Waals surface area contributed by atoms with Crippen LogP contribution in [-0.2, 0) is 9.53 Å². The Morgan fingerprint density at radius 1 is 1.44 bits per heavy atom. The molecule has 0 aliphatic heterocycles. The van der Waals surface area contributed by atoms with Gasteiger partial charge < -0.3 is 10.1 Å². The molecular formula is C13H19NO3S. The standard InChI is InChI=1S/C13H19NO3S/c1-8(2)7-10(13(16)17-4)14-12(15)11-9(3)5-6-18-11/h5-6,8,10H,7H2,1-4H3,(H,14,15)/t10-/m0/s1. The van der Waals surface area contributed by atoms with Crippen molar-refractivity contribution in [2.24, 2.45) is 5.92 Å². The fraction of sp³-hybridized carbons (Fsp3) is 0.538. The highest BCUT2D eigenvalue weighted by Crippen LogP contribution is 2.16. The Hall–Kier alpha value is -1.36. The van der Waals surface area contributed by atoms with Crippen LogP contribution in [0.4, 0.5) is 0 Å². The first-order valence-electron chi connectivity index (χ1n) is 5.88. The molecule has 1 amide bonds. The molecule has 0 saturated carbocycles. The molecule has 1 rings (SSSR count). The molecule has 0 saturated heterocycles. The predicted octanol–water partition coefficient (Wildman–Crippen LogP) is 2.37. The molecule has 1 aromatic heterocycles. The summed E-state index contributed by atoms with van der Waals surface area (Å²) in [5, 5.41) is 4.60. The Morgan fingerprint density at radius 3 is 2.56 bits per heavy atom. The summed E-state index contributed by atoms with van der Waals surface area (Å²) in [6.07, 6.45) is 0.572. The summed E-state index contributed by atoms with van der Waals surface area (Å²) in [6.45, 7) is 5.87. The van der Waals surface area contributed by atoms with Gasteiger partial charge in [-0.05, 0) is 36.3 Å². The van der Waals surface area contributed by atoms with Gasteiger partial charge in [0.1, 0.15) is 6.04 Å². The van der Waals surface area contributed by atoms with Crippen molar-refractivity contribution in [3.63, 3.8) is 0 Å². The van der Waals surface area contributed by atoms with Crippen molar-refractivity contribution in [3.8, 4) is 0 Å². The summed E-state index contributed by atoms with van der Waals surface area (Å²) in [4.78, 5) is 24.3. The van der Waals surface area contributed by atoms with Gasteiger partial charge in [0, 0.05) is 0 Å². The number of thiophene rings is 1. The molecular weight excluding hydrogens is 250 g/mol. The Kier molecular flexibility index (Phi) is 5.34. The fourth-order valence-corrected chi connectivity index (χ4v) is 2.49. The second-order valence-corrected chi connectivity index (χ2v) is 5.53. The molecule has 100 valence electrons. The first kappa shape index (κ1) is 14.7.